The molecule has 2 fully saturated rings. The summed E-state index contributed by atoms with van der Waals surface area (Å²) in [5.41, 5.74) is -0.447. The Hall–Kier alpha value is -2.77. The molecule has 2 saturated heterocycles. The highest BCUT2D eigenvalue weighted by molar-refractivity contribution is 5.76. The van der Waals surface area contributed by atoms with E-state index in [9.17, 15) is 19.5 Å². The molecule has 1 N–H and O–H groups in total. The van der Waals surface area contributed by atoms with E-state index in [1.807, 2.05) is 30.3 Å². The Bertz CT molecular complexity index is 775. The minimum atomic E-state index is -0.964. The summed E-state index contributed by atoms with van der Waals surface area (Å²) in [5, 5.41) is 9.74. The van der Waals surface area contributed by atoms with E-state index in [1.54, 1.807) is 25.7 Å². The van der Waals surface area contributed by atoms with Gasteiger partial charge >= 0.3 is 18.2 Å². The number of carbonyl (C=O) groups is 3. The van der Waals surface area contributed by atoms with Crippen molar-refractivity contribution in [2.75, 3.05) is 26.2 Å². The summed E-state index contributed by atoms with van der Waals surface area (Å²) in [7, 11) is 0. The third kappa shape index (κ3) is 4.81. The maximum atomic E-state index is 12.5. The van der Waals surface area contributed by atoms with Crippen molar-refractivity contribution < 1.29 is 29.0 Å². The second kappa shape index (κ2) is 7.93. The van der Waals surface area contributed by atoms with Gasteiger partial charge in [0.1, 0.15) is 12.2 Å². The third-order valence-electron chi connectivity index (χ3n) is 5.45. The second-order valence-corrected chi connectivity index (χ2v) is 8.83. The number of carboxylic acid groups (broad SMARTS) is 1. The highest BCUT2D eigenvalue weighted by Gasteiger charge is 2.56. The first-order valence-corrected chi connectivity index (χ1v) is 9.76. The van der Waals surface area contributed by atoms with Crippen LogP contribution in [0.3, 0.4) is 0 Å². The number of ether oxygens (including phenoxy) is 2. The van der Waals surface area contributed by atoms with Crippen LogP contribution in [-0.4, -0.2) is 64.8 Å². The van der Waals surface area contributed by atoms with Crippen LogP contribution in [0.25, 0.3) is 0 Å². The molecule has 2 heterocycles. The largest absolute Gasteiger partial charge is 0.481 e. The SMILES string of the molecule is CC(C)(C)OC(=O)N1CC[C@]2(CN(C(=O)OCc3ccccc3)C[C@@H]2C(=O)O)C1. The van der Waals surface area contributed by atoms with Crippen LogP contribution in [0.1, 0.15) is 32.8 Å². The minimum absolute atomic E-state index is 0.0745. The van der Waals surface area contributed by atoms with Crippen LogP contribution in [-0.2, 0) is 20.9 Å². The topological polar surface area (TPSA) is 96.4 Å². The number of hydrogen-bond acceptors (Lipinski definition) is 5. The average molecular weight is 404 g/mol. The highest BCUT2D eigenvalue weighted by Crippen LogP contribution is 2.44. The van der Waals surface area contributed by atoms with Crippen molar-refractivity contribution in [1.82, 2.24) is 9.80 Å². The molecule has 0 aliphatic carbocycles. The maximum absolute atomic E-state index is 12.5. The molecule has 1 aromatic rings. The van der Waals surface area contributed by atoms with Crippen LogP contribution in [0, 0.1) is 11.3 Å². The minimum Gasteiger partial charge on any atom is -0.481 e. The van der Waals surface area contributed by atoms with Crippen LogP contribution in [0.4, 0.5) is 9.59 Å². The zero-order valence-electron chi connectivity index (χ0n) is 17.1. The molecule has 2 aliphatic heterocycles. The Morgan fingerprint density at radius 1 is 1.10 bits per heavy atom. The van der Waals surface area contributed by atoms with E-state index < -0.39 is 35.1 Å². The smallest absolute Gasteiger partial charge is 0.410 e. The summed E-state index contributed by atoms with van der Waals surface area (Å²) in [6, 6.07) is 9.31. The van der Waals surface area contributed by atoms with Gasteiger partial charge in [0.15, 0.2) is 0 Å². The van der Waals surface area contributed by atoms with Crippen molar-refractivity contribution in [3.63, 3.8) is 0 Å². The molecule has 8 heteroatoms. The first kappa shape index (κ1) is 21.0. The molecule has 0 bridgehead atoms. The molecule has 2 atom stereocenters. The molecule has 0 aromatic heterocycles. The van der Waals surface area contributed by atoms with Gasteiger partial charge in [0.05, 0.1) is 5.92 Å². The van der Waals surface area contributed by atoms with Crippen molar-refractivity contribution in [2.45, 2.75) is 39.4 Å². The zero-order chi connectivity index (χ0) is 21.2. The Balaban J connectivity index is 1.65. The van der Waals surface area contributed by atoms with Gasteiger partial charge < -0.3 is 24.4 Å². The van der Waals surface area contributed by atoms with Gasteiger partial charge in [0, 0.05) is 31.6 Å². The van der Waals surface area contributed by atoms with E-state index in [2.05, 4.69) is 0 Å². The average Bonchev–Trinajstić information content (AvgIpc) is 3.24. The number of aliphatic carboxylic acids is 1. The van der Waals surface area contributed by atoms with Crippen molar-refractivity contribution in [2.24, 2.45) is 11.3 Å². The standard InChI is InChI=1S/C21H28N2O6/c1-20(2,3)29-19(27)22-10-9-21(13-22)14-23(11-16(21)17(24)25)18(26)28-12-15-7-5-4-6-8-15/h4-8,16H,9-14H2,1-3H3,(H,24,25)/t16-,21-/m1/s1. The predicted molar refractivity (Wildman–Crippen MR) is 104 cm³/mol. The molecule has 1 aromatic carbocycles. The quantitative estimate of drug-likeness (QED) is 0.832. The molecule has 0 saturated carbocycles. The molecule has 1 spiro atoms. The summed E-state index contributed by atoms with van der Waals surface area (Å²) < 4.78 is 10.8. The fourth-order valence-electron chi connectivity index (χ4n) is 4.05. The lowest BCUT2D eigenvalue weighted by molar-refractivity contribution is -0.144. The lowest BCUT2D eigenvalue weighted by Gasteiger charge is -2.29. The first-order valence-electron chi connectivity index (χ1n) is 9.76. The maximum Gasteiger partial charge on any atom is 0.410 e. The summed E-state index contributed by atoms with van der Waals surface area (Å²) in [6.45, 7) is 6.48. The van der Waals surface area contributed by atoms with Crippen LogP contribution >= 0.6 is 0 Å². The Morgan fingerprint density at radius 2 is 1.76 bits per heavy atom. The molecule has 8 nitrogen and oxygen atoms in total. The van der Waals surface area contributed by atoms with Crippen LogP contribution in [0.5, 0.6) is 0 Å². The van der Waals surface area contributed by atoms with E-state index in [0.29, 0.717) is 13.0 Å². The van der Waals surface area contributed by atoms with Crippen molar-refractivity contribution in [3.8, 4) is 0 Å². The van der Waals surface area contributed by atoms with Gasteiger partial charge in [-0.2, -0.15) is 0 Å². The molecule has 29 heavy (non-hydrogen) atoms. The molecular formula is C21H28N2O6. The van der Waals surface area contributed by atoms with E-state index >= 15 is 0 Å². The first-order chi connectivity index (χ1) is 13.6. The molecule has 2 aliphatic rings. The fourth-order valence-corrected chi connectivity index (χ4v) is 4.05. The Kier molecular flexibility index (Phi) is 5.73. The number of rotatable bonds is 3. The van der Waals surface area contributed by atoms with Crippen LogP contribution in [0.15, 0.2) is 30.3 Å². The summed E-state index contributed by atoms with van der Waals surface area (Å²) >= 11 is 0. The molecule has 0 unspecified atom stereocenters. The van der Waals surface area contributed by atoms with Gasteiger partial charge in [-0.15, -0.1) is 0 Å². The summed E-state index contributed by atoms with van der Waals surface area (Å²) in [6.07, 6.45) is -0.484. The molecule has 2 amide bonds. The summed E-state index contributed by atoms with van der Waals surface area (Å²) in [4.78, 5) is 39.8. The van der Waals surface area contributed by atoms with E-state index in [1.165, 1.54) is 4.90 Å². The summed E-state index contributed by atoms with van der Waals surface area (Å²) in [5.74, 6) is -1.71. The predicted octanol–water partition coefficient (Wildman–Crippen LogP) is 2.97. The highest BCUT2D eigenvalue weighted by atomic mass is 16.6. The normalized spacial score (nSPS) is 24.0. The molecular weight excluding hydrogens is 376 g/mol. The van der Waals surface area contributed by atoms with E-state index in [-0.39, 0.29) is 26.2 Å². The Morgan fingerprint density at radius 3 is 2.38 bits per heavy atom. The van der Waals surface area contributed by atoms with Crippen molar-refractivity contribution >= 4 is 18.2 Å². The lowest BCUT2D eigenvalue weighted by atomic mass is 9.77. The van der Waals surface area contributed by atoms with Gasteiger partial charge in [0.2, 0.25) is 0 Å². The van der Waals surface area contributed by atoms with Gasteiger partial charge in [0.25, 0.3) is 0 Å². The number of carbonyl (C=O) groups excluding carboxylic acids is 2. The number of hydrogen-bond donors (Lipinski definition) is 1. The number of carboxylic acids is 1. The number of nitrogens with zero attached hydrogens (tertiary/aromatic N) is 2. The van der Waals surface area contributed by atoms with Gasteiger partial charge in [-0.25, -0.2) is 9.59 Å². The van der Waals surface area contributed by atoms with Gasteiger partial charge in [-0.1, -0.05) is 30.3 Å². The van der Waals surface area contributed by atoms with E-state index in [0.717, 1.165) is 5.56 Å². The Labute approximate surface area is 170 Å². The van der Waals surface area contributed by atoms with Crippen LogP contribution in [0.2, 0.25) is 0 Å². The molecule has 3 rings (SSSR count). The van der Waals surface area contributed by atoms with Crippen molar-refractivity contribution in [1.29, 1.82) is 0 Å². The van der Waals surface area contributed by atoms with Gasteiger partial charge in [-0.05, 0) is 32.8 Å². The van der Waals surface area contributed by atoms with Crippen molar-refractivity contribution in [3.05, 3.63) is 35.9 Å². The molecule has 158 valence electrons. The fraction of sp³-hybridized carbons (Fsp3) is 0.571. The van der Waals surface area contributed by atoms with E-state index in [4.69, 9.17) is 9.47 Å². The second-order valence-electron chi connectivity index (χ2n) is 8.83. The monoisotopic (exact) mass is 404 g/mol. The van der Waals surface area contributed by atoms with Gasteiger partial charge in [-0.3, -0.25) is 4.79 Å². The zero-order valence-corrected chi connectivity index (χ0v) is 17.1. The number of benzene rings is 1. The number of likely N-dealkylation sites (tertiary alicyclic amines) is 2. The third-order valence-corrected chi connectivity index (χ3v) is 5.45. The number of amides is 2. The lowest BCUT2D eigenvalue weighted by Crippen LogP contribution is -2.41. The molecule has 0 radical (unpaired) electrons. The van der Waals surface area contributed by atoms with Crippen LogP contribution < -0.4 is 0 Å².